The SMILES string of the molecule is CC(C)CC(=O)c1cccc(-c2ccc3ncc(N4CCCCC4)nc3c2)c1. The number of ketones is 1. The van der Waals surface area contributed by atoms with Crippen LogP contribution in [0.15, 0.2) is 48.7 Å². The third kappa shape index (κ3) is 4.06. The Hall–Kier alpha value is -2.75. The summed E-state index contributed by atoms with van der Waals surface area (Å²) < 4.78 is 0. The molecule has 0 N–H and O–H groups in total. The molecule has 0 amide bonds. The minimum absolute atomic E-state index is 0.199. The van der Waals surface area contributed by atoms with E-state index in [0.29, 0.717) is 12.3 Å². The van der Waals surface area contributed by atoms with Gasteiger partial charge in [0.15, 0.2) is 5.78 Å². The van der Waals surface area contributed by atoms with Crippen LogP contribution < -0.4 is 4.90 Å². The van der Waals surface area contributed by atoms with E-state index in [1.165, 1.54) is 19.3 Å². The van der Waals surface area contributed by atoms with Crippen LogP contribution in [0, 0.1) is 5.92 Å². The van der Waals surface area contributed by atoms with E-state index in [0.717, 1.165) is 46.6 Å². The van der Waals surface area contributed by atoms with E-state index in [9.17, 15) is 4.79 Å². The van der Waals surface area contributed by atoms with E-state index in [-0.39, 0.29) is 5.78 Å². The standard InChI is InChI=1S/C24H27N3O/c1-17(2)13-23(28)20-8-6-7-18(14-20)19-9-10-21-22(15-19)26-24(16-25-21)27-11-4-3-5-12-27/h6-10,14-17H,3-5,11-13H2,1-2H3. The van der Waals surface area contributed by atoms with E-state index >= 15 is 0 Å². The minimum Gasteiger partial charge on any atom is -0.355 e. The highest BCUT2D eigenvalue weighted by atomic mass is 16.1. The average Bonchev–Trinajstić information content (AvgIpc) is 2.73. The third-order valence-electron chi connectivity index (χ3n) is 5.32. The van der Waals surface area contributed by atoms with Crippen LogP contribution in [-0.2, 0) is 0 Å². The Morgan fingerprint density at radius 3 is 2.57 bits per heavy atom. The number of Topliss-reactive ketones (excluding diaryl/α,β-unsaturated/α-hetero) is 1. The zero-order valence-corrected chi connectivity index (χ0v) is 16.7. The van der Waals surface area contributed by atoms with Gasteiger partial charge in [0.1, 0.15) is 5.82 Å². The average molecular weight is 374 g/mol. The predicted molar refractivity (Wildman–Crippen MR) is 115 cm³/mol. The second-order valence-corrected chi connectivity index (χ2v) is 8.08. The fourth-order valence-electron chi connectivity index (χ4n) is 3.82. The summed E-state index contributed by atoms with van der Waals surface area (Å²) in [4.78, 5) is 24.3. The molecular formula is C24H27N3O. The Labute approximate surface area is 166 Å². The highest BCUT2D eigenvalue weighted by molar-refractivity contribution is 5.97. The number of hydrogen-bond acceptors (Lipinski definition) is 4. The summed E-state index contributed by atoms with van der Waals surface area (Å²) >= 11 is 0. The maximum Gasteiger partial charge on any atom is 0.163 e. The first-order valence-electron chi connectivity index (χ1n) is 10.3. The van der Waals surface area contributed by atoms with Crippen molar-refractivity contribution in [2.45, 2.75) is 39.5 Å². The lowest BCUT2D eigenvalue weighted by Gasteiger charge is -2.27. The van der Waals surface area contributed by atoms with Crippen LogP contribution in [0.3, 0.4) is 0 Å². The van der Waals surface area contributed by atoms with Crippen LogP contribution in [0.5, 0.6) is 0 Å². The van der Waals surface area contributed by atoms with E-state index in [1.54, 1.807) is 0 Å². The molecule has 0 bridgehead atoms. The topological polar surface area (TPSA) is 46.1 Å². The molecule has 1 aliphatic heterocycles. The van der Waals surface area contributed by atoms with Crippen molar-refractivity contribution in [1.29, 1.82) is 0 Å². The molecule has 0 aliphatic carbocycles. The molecule has 2 heterocycles. The number of carbonyl (C=O) groups excluding carboxylic acids is 1. The van der Waals surface area contributed by atoms with Crippen molar-refractivity contribution in [1.82, 2.24) is 9.97 Å². The number of hydrogen-bond donors (Lipinski definition) is 0. The van der Waals surface area contributed by atoms with Gasteiger partial charge in [0, 0.05) is 25.1 Å². The number of benzene rings is 2. The number of carbonyl (C=O) groups is 1. The molecule has 0 atom stereocenters. The normalized spacial score (nSPS) is 14.6. The van der Waals surface area contributed by atoms with Gasteiger partial charge in [-0.1, -0.05) is 38.1 Å². The molecule has 1 aromatic heterocycles. The van der Waals surface area contributed by atoms with Gasteiger partial charge in [-0.2, -0.15) is 0 Å². The van der Waals surface area contributed by atoms with Crippen LogP contribution in [0.25, 0.3) is 22.2 Å². The van der Waals surface area contributed by atoms with Crippen LogP contribution in [0.1, 0.15) is 49.9 Å². The molecule has 4 nitrogen and oxygen atoms in total. The third-order valence-corrected chi connectivity index (χ3v) is 5.32. The molecule has 0 saturated carbocycles. The van der Waals surface area contributed by atoms with Crippen molar-refractivity contribution in [3.63, 3.8) is 0 Å². The van der Waals surface area contributed by atoms with Gasteiger partial charge >= 0.3 is 0 Å². The van der Waals surface area contributed by atoms with Crippen LogP contribution >= 0.6 is 0 Å². The first-order valence-corrected chi connectivity index (χ1v) is 10.3. The molecule has 144 valence electrons. The fourth-order valence-corrected chi connectivity index (χ4v) is 3.82. The summed E-state index contributed by atoms with van der Waals surface area (Å²) in [5.41, 5.74) is 4.69. The lowest BCUT2D eigenvalue weighted by Crippen LogP contribution is -2.30. The van der Waals surface area contributed by atoms with Crippen molar-refractivity contribution in [2.24, 2.45) is 5.92 Å². The number of rotatable bonds is 5. The van der Waals surface area contributed by atoms with Crippen LogP contribution in [0.2, 0.25) is 0 Å². The molecule has 2 aromatic carbocycles. The Kier molecular flexibility index (Phi) is 5.38. The largest absolute Gasteiger partial charge is 0.355 e. The number of anilines is 1. The Morgan fingerprint density at radius 1 is 1.00 bits per heavy atom. The summed E-state index contributed by atoms with van der Waals surface area (Å²) in [6, 6.07) is 14.1. The maximum atomic E-state index is 12.4. The number of piperidine rings is 1. The molecular weight excluding hydrogens is 346 g/mol. The van der Waals surface area contributed by atoms with Crippen molar-refractivity contribution in [2.75, 3.05) is 18.0 Å². The van der Waals surface area contributed by atoms with E-state index in [1.807, 2.05) is 30.5 Å². The highest BCUT2D eigenvalue weighted by Crippen LogP contribution is 2.26. The van der Waals surface area contributed by atoms with Gasteiger partial charge < -0.3 is 4.90 Å². The fraction of sp³-hybridized carbons (Fsp3) is 0.375. The summed E-state index contributed by atoms with van der Waals surface area (Å²) in [6.45, 7) is 6.26. The number of fused-ring (bicyclic) bond motifs is 1. The zero-order chi connectivity index (χ0) is 19.5. The highest BCUT2D eigenvalue weighted by Gasteiger charge is 2.14. The monoisotopic (exact) mass is 373 g/mol. The molecule has 4 rings (SSSR count). The lowest BCUT2D eigenvalue weighted by atomic mass is 9.97. The molecule has 0 radical (unpaired) electrons. The maximum absolute atomic E-state index is 12.4. The van der Waals surface area contributed by atoms with Gasteiger partial charge in [-0.05, 0) is 54.5 Å². The van der Waals surface area contributed by atoms with Crippen molar-refractivity contribution < 1.29 is 4.79 Å². The van der Waals surface area contributed by atoms with E-state index in [4.69, 9.17) is 4.98 Å². The predicted octanol–water partition coefficient (Wildman–Crippen LogP) is 5.52. The van der Waals surface area contributed by atoms with Crippen LogP contribution in [0.4, 0.5) is 5.82 Å². The molecule has 1 saturated heterocycles. The molecule has 1 fully saturated rings. The van der Waals surface area contributed by atoms with Crippen molar-refractivity contribution in [3.8, 4) is 11.1 Å². The Bertz CT molecular complexity index is 990. The lowest BCUT2D eigenvalue weighted by molar-refractivity contribution is 0.0968. The van der Waals surface area contributed by atoms with E-state index < -0.39 is 0 Å². The summed E-state index contributed by atoms with van der Waals surface area (Å²) in [6.07, 6.45) is 6.20. The zero-order valence-electron chi connectivity index (χ0n) is 16.7. The molecule has 4 heteroatoms. The van der Waals surface area contributed by atoms with Crippen molar-refractivity contribution in [3.05, 3.63) is 54.2 Å². The minimum atomic E-state index is 0.199. The molecule has 1 aliphatic rings. The second-order valence-electron chi connectivity index (χ2n) is 8.08. The molecule has 3 aromatic rings. The van der Waals surface area contributed by atoms with Gasteiger partial charge in [0.05, 0.1) is 17.2 Å². The van der Waals surface area contributed by atoms with Crippen molar-refractivity contribution >= 4 is 22.6 Å². The van der Waals surface area contributed by atoms with Gasteiger partial charge in [0.25, 0.3) is 0 Å². The first-order chi connectivity index (χ1) is 13.6. The van der Waals surface area contributed by atoms with Gasteiger partial charge in [-0.15, -0.1) is 0 Å². The Balaban J connectivity index is 1.66. The Morgan fingerprint density at radius 2 is 1.79 bits per heavy atom. The van der Waals surface area contributed by atoms with E-state index in [2.05, 4.69) is 41.9 Å². The second kappa shape index (κ2) is 8.09. The summed E-state index contributed by atoms with van der Waals surface area (Å²) in [7, 11) is 0. The van der Waals surface area contributed by atoms with Gasteiger partial charge in [-0.25, -0.2) is 4.98 Å². The first kappa shape index (κ1) is 18.6. The quantitative estimate of drug-likeness (QED) is 0.553. The number of nitrogens with zero attached hydrogens (tertiary/aromatic N) is 3. The van der Waals surface area contributed by atoms with Gasteiger partial charge in [0.2, 0.25) is 0 Å². The number of aromatic nitrogens is 2. The summed E-state index contributed by atoms with van der Waals surface area (Å²) in [5, 5.41) is 0. The smallest absolute Gasteiger partial charge is 0.163 e. The van der Waals surface area contributed by atoms with Crippen LogP contribution in [-0.4, -0.2) is 28.8 Å². The molecule has 0 unspecified atom stereocenters. The molecule has 0 spiro atoms. The molecule has 28 heavy (non-hydrogen) atoms. The van der Waals surface area contributed by atoms with Gasteiger partial charge in [-0.3, -0.25) is 9.78 Å². The summed E-state index contributed by atoms with van der Waals surface area (Å²) in [5.74, 6) is 1.52.